The Labute approximate surface area is 102 Å². The van der Waals surface area contributed by atoms with E-state index in [4.69, 9.17) is 0 Å². The quantitative estimate of drug-likeness (QED) is 0.668. The van der Waals surface area contributed by atoms with Gasteiger partial charge in [0.25, 0.3) is 0 Å². The van der Waals surface area contributed by atoms with E-state index < -0.39 is 0 Å². The van der Waals surface area contributed by atoms with E-state index >= 15 is 0 Å². The van der Waals surface area contributed by atoms with Crippen LogP contribution in [0.2, 0.25) is 0 Å². The Kier molecular flexibility index (Phi) is 3.66. The lowest BCUT2D eigenvalue weighted by Gasteiger charge is -2.37. The van der Waals surface area contributed by atoms with E-state index in [0.717, 1.165) is 39.1 Å². The molecule has 0 saturated carbocycles. The Morgan fingerprint density at radius 2 is 1.88 bits per heavy atom. The summed E-state index contributed by atoms with van der Waals surface area (Å²) in [5.74, 6) is 0.458. The molecule has 5 heteroatoms. The van der Waals surface area contributed by atoms with Crippen molar-refractivity contribution in [1.29, 1.82) is 0 Å². The van der Waals surface area contributed by atoms with Crippen LogP contribution in [0.5, 0.6) is 0 Å². The number of amides is 2. The van der Waals surface area contributed by atoms with Crippen LogP contribution in [0.25, 0.3) is 0 Å². The standard InChI is InChI=1S/C12H21N3O2/c1-3-11(16)15-8-6-14(7-9-15)10-4-5-13(2)12(10)17/h10H,3-9H2,1-2H3. The molecule has 0 aromatic rings. The second-order valence-corrected chi connectivity index (χ2v) is 4.83. The van der Waals surface area contributed by atoms with Gasteiger partial charge in [-0.25, -0.2) is 0 Å². The Morgan fingerprint density at radius 1 is 1.24 bits per heavy atom. The van der Waals surface area contributed by atoms with Crippen molar-refractivity contribution in [2.24, 2.45) is 0 Å². The van der Waals surface area contributed by atoms with Gasteiger partial charge in [0.2, 0.25) is 11.8 Å². The van der Waals surface area contributed by atoms with Crippen molar-refractivity contribution in [3.05, 3.63) is 0 Å². The molecule has 2 heterocycles. The molecule has 2 rings (SSSR count). The molecule has 0 aliphatic carbocycles. The number of likely N-dealkylation sites (N-methyl/N-ethyl adjacent to an activating group) is 1. The van der Waals surface area contributed by atoms with E-state index in [1.54, 1.807) is 4.90 Å². The summed E-state index contributed by atoms with van der Waals surface area (Å²) in [6.45, 7) is 5.94. The molecule has 1 atom stereocenters. The van der Waals surface area contributed by atoms with E-state index in [-0.39, 0.29) is 17.9 Å². The molecule has 5 nitrogen and oxygen atoms in total. The first-order valence-electron chi connectivity index (χ1n) is 6.40. The average molecular weight is 239 g/mol. The minimum atomic E-state index is 0.0545. The Morgan fingerprint density at radius 3 is 2.35 bits per heavy atom. The van der Waals surface area contributed by atoms with Crippen LogP contribution in [0, 0.1) is 0 Å². The highest BCUT2D eigenvalue weighted by Gasteiger charge is 2.35. The molecular weight excluding hydrogens is 218 g/mol. The maximum absolute atomic E-state index is 11.9. The van der Waals surface area contributed by atoms with E-state index in [9.17, 15) is 9.59 Å². The van der Waals surface area contributed by atoms with Crippen molar-refractivity contribution in [2.75, 3.05) is 39.8 Å². The number of rotatable bonds is 2. The highest BCUT2D eigenvalue weighted by molar-refractivity contribution is 5.83. The highest BCUT2D eigenvalue weighted by atomic mass is 16.2. The predicted molar refractivity (Wildman–Crippen MR) is 64.5 cm³/mol. The van der Waals surface area contributed by atoms with Crippen LogP contribution >= 0.6 is 0 Å². The molecule has 2 fully saturated rings. The third-order valence-electron chi connectivity index (χ3n) is 3.81. The zero-order chi connectivity index (χ0) is 12.4. The number of carbonyl (C=O) groups excluding carboxylic acids is 2. The first-order valence-corrected chi connectivity index (χ1v) is 6.40. The second kappa shape index (κ2) is 5.04. The van der Waals surface area contributed by atoms with Crippen LogP contribution in [0.15, 0.2) is 0 Å². The van der Waals surface area contributed by atoms with Crippen molar-refractivity contribution >= 4 is 11.8 Å². The Bertz CT molecular complexity index is 311. The molecule has 2 aliphatic heterocycles. The molecule has 2 aliphatic rings. The largest absolute Gasteiger partial charge is 0.344 e. The Hall–Kier alpha value is -1.10. The van der Waals surface area contributed by atoms with E-state index in [1.807, 2.05) is 18.9 Å². The van der Waals surface area contributed by atoms with E-state index in [2.05, 4.69) is 4.90 Å². The zero-order valence-electron chi connectivity index (χ0n) is 10.7. The smallest absolute Gasteiger partial charge is 0.239 e. The van der Waals surface area contributed by atoms with Gasteiger partial charge in [-0.2, -0.15) is 0 Å². The van der Waals surface area contributed by atoms with E-state index in [1.165, 1.54) is 0 Å². The first-order chi connectivity index (χ1) is 8.13. The lowest BCUT2D eigenvalue weighted by atomic mass is 10.1. The summed E-state index contributed by atoms with van der Waals surface area (Å²) in [4.78, 5) is 29.4. The van der Waals surface area contributed by atoms with Crippen LogP contribution in [-0.2, 0) is 9.59 Å². The van der Waals surface area contributed by atoms with Gasteiger partial charge in [0.15, 0.2) is 0 Å². The molecule has 0 bridgehead atoms. The summed E-state index contributed by atoms with van der Waals surface area (Å²) in [5, 5.41) is 0. The number of piperazine rings is 1. The minimum absolute atomic E-state index is 0.0545. The molecule has 2 saturated heterocycles. The number of nitrogens with zero attached hydrogens (tertiary/aromatic N) is 3. The summed E-state index contributed by atoms with van der Waals surface area (Å²) in [5.41, 5.74) is 0. The summed E-state index contributed by atoms with van der Waals surface area (Å²) in [6, 6.07) is 0.0545. The number of carbonyl (C=O) groups is 2. The van der Waals surface area contributed by atoms with Crippen LogP contribution in [0.1, 0.15) is 19.8 Å². The van der Waals surface area contributed by atoms with Gasteiger partial charge in [-0.3, -0.25) is 14.5 Å². The molecule has 0 aromatic heterocycles. The molecule has 1 unspecified atom stereocenters. The fraction of sp³-hybridized carbons (Fsp3) is 0.833. The van der Waals surface area contributed by atoms with Crippen LogP contribution in [0.4, 0.5) is 0 Å². The fourth-order valence-electron chi connectivity index (χ4n) is 2.65. The highest BCUT2D eigenvalue weighted by Crippen LogP contribution is 2.17. The normalized spacial score (nSPS) is 26.7. The molecule has 2 amide bonds. The summed E-state index contributed by atoms with van der Waals surface area (Å²) < 4.78 is 0. The minimum Gasteiger partial charge on any atom is -0.344 e. The predicted octanol–water partition coefficient (Wildman–Crippen LogP) is -0.229. The van der Waals surface area contributed by atoms with Gasteiger partial charge in [0.05, 0.1) is 6.04 Å². The average Bonchev–Trinajstić information content (AvgIpc) is 2.69. The summed E-state index contributed by atoms with van der Waals surface area (Å²) >= 11 is 0. The topological polar surface area (TPSA) is 43.9 Å². The van der Waals surface area contributed by atoms with Crippen molar-refractivity contribution < 1.29 is 9.59 Å². The van der Waals surface area contributed by atoms with E-state index in [0.29, 0.717) is 6.42 Å². The molecule has 0 radical (unpaired) electrons. The lowest BCUT2D eigenvalue weighted by molar-refractivity contribution is -0.135. The summed E-state index contributed by atoms with van der Waals surface area (Å²) in [7, 11) is 1.86. The number of hydrogen-bond acceptors (Lipinski definition) is 3. The van der Waals surface area contributed by atoms with Gasteiger partial charge in [0.1, 0.15) is 0 Å². The van der Waals surface area contributed by atoms with Gasteiger partial charge in [-0.1, -0.05) is 6.92 Å². The molecule has 0 N–H and O–H groups in total. The summed E-state index contributed by atoms with van der Waals surface area (Å²) in [6.07, 6.45) is 1.50. The van der Waals surface area contributed by atoms with Crippen LogP contribution in [-0.4, -0.2) is 72.3 Å². The third-order valence-corrected chi connectivity index (χ3v) is 3.81. The van der Waals surface area contributed by atoms with Gasteiger partial charge >= 0.3 is 0 Å². The van der Waals surface area contributed by atoms with Crippen LogP contribution in [0.3, 0.4) is 0 Å². The first kappa shape index (κ1) is 12.4. The third kappa shape index (κ3) is 2.44. The molecular formula is C12H21N3O2. The van der Waals surface area contributed by atoms with Gasteiger partial charge in [-0.05, 0) is 6.42 Å². The maximum Gasteiger partial charge on any atom is 0.239 e. The van der Waals surface area contributed by atoms with Gasteiger partial charge in [0, 0.05) is 46.2 Å². The molecule has 0 spiro atoms. The molecule has 17 heavy (non-hydrogen) atoms. The fourth-order valence-corrected chi connectivity index (χ4v) is 2.65. The molecule has 96 valence electrons. The van der Waals surface area contributed by atoms with Crippen molar-refractivity contribution in [2.45, 2.75) is 25.8 Å². The van der Waals surface area contributed by atoms with Crippen molar-refractivity contribution in [1.82, 2.24) is 14.7 Å². The monoisotopic (exact) mass is 239 g/mol. The lowest BCUT2D eigenvalue weighted by Crippen LogP contribution is -2.53. The zero-order valence-corrected chi connectivity index (χ0v) is 10.7. The van der Waals surface area contributed by atoms with Crippen molar-refractivity contribution in [3.63, 3.8) is 0 Å². The molecule has 0 aromatic carbocycles. The SMILES string of the molecule is CCC(=O)N1CCN(C2CCN(C)C2=O)CC1. The second-order valence-electron chi connectivity index (χ2n) is 4.83. The van der Waals surface area contributed by atoms with Gasteiger partial charge < -0.3 is 9.80 Å². The number of hydrogen-bond donors (Lipinski definition) is 0. The number of likely N-dealkylation sites (tertiary alicyclic amines) is 1. The van der Waals surface area contributed by atoms with Gasteiger partial charge in [-0.15, -0.1) is 0 Å². The van der Waals surface area contributed by atoms with Crippen LogP contribution < -0.4 is 0 Å². The Balaban J connectivity index is 1.87. The van der Waals surface area contributed by atoms with Crippen molar-refractivity contribution in [3.8, 4) is 0 Å². The maximum atomic E-state index is 11.9.